The Hall–Kier alpha value is -5.48. The van der Waals surface area contributed by atoms with Crippen molar-refractivity contribution in [1.82, 2.24) is 41.7 Å². The number of nitrogens with one attached hydrogen (secondary N) is 4. The number of hydrazine groups is 4. The van der Waals surface area contributed by atoms with Crippen molar-refractivity contribution in [2.75, 3.05) is 56.6 Å². The van der Waals surface area contributed by atoms with Gasteiger partial charge in [0.2, 0.25) is 23.6 Å². The molecule has 0 heterocycles. The first-order chi connectivity index (χ1) is 29.6. The normalized spacial score (nSPS) is 9.78. The van der Waals surface area contributed by atoms with Crippen LogP contribution in [0.2, 0.25) is 0 Å². The largest absolute Gasteiger partial charge is 1.00 e. The molecule has 21 heteroatoms. The standard InChI is InChI=1S/2C21H24N4O4S2.Na/c2*1-24(20(30)14-9-5-7-11-16(14)28-3)22-18(26)13-19(27)23-25(2)21(31)15-10-6-8-12-17(15)29-4;/h2*5-12H,13H2,1-4H3,(H,22,26)(H,23,27);/q;;+1. The van der Waals surface area contributed by atoms with Crippen LogP contribution in [0.1, 0.15) is 35.1 Å². The number of ether oxygens (including phenoxy) is 4. The number of carbonyl (C=O) groups is 4. The Balaban J connectivity index is 0.000000427. The van der Waals surface area contributed by atoms with E-state index in [0.717, 1.165) is 0 Å². The number of carbonyl (C=O) groups excluding carboxylic acids is 4. The fourth-order valence-electron chi connectivity index (χ4n) is 5.41. The maximum absolute atomic E-state index is 12.3. The fraction of sp³-hybridized carbons (Fsp3) is 0.238. The zero-order valence-electron chi connectivity index (χ0n) is 36.3. The van der Waals surface area contributed by atoms with Crippen molar-refractivity contribution >= 4 is 92.5 Å². The summed E-state index contributed by atoms with van der Waals surface area (Å²) in [6, 6.07) is 28.7. The molecule has 0 fully saturated rings. The van der Waals surface area contributed by atoms with Crippen molar-refractivity contribution in [1.29, 1.82) is 0 Å². The van der Waals surface area contributed by atoms with E-state index >= 15 is 0 Å². The summed E-state index contributed by atoms with van der Waals surface area (Å²) >= 11 is 21.6. The number of hydrogen-bond donors (Lipinski definition) is 4. The maximum Gasteiger partial charge on any atom is 1.00 e. The molecular formula is C42H48N8NaO8S4+. The monoisotopic (exact) mass is 943 g/mol. The minimum Gasteiger partial charge on any atom is -0.496 e. The van der Waals surface area contributed by atoms with E-state index in [1.807, 2.05) is 48.5 Å². The van der Waals surface area contributed by atoms with E-state index in [1.165, 1.54) is 48.5 Å². The molecule has 0 aromatic heterocycles. The number of nitrogens with zero attached hydrogens (tertiary/aromatic N) is 4. The van der Waals surface area contributed by atoms with Crippen LogP contribution in [0.25, 0.3) is 0 Å². The van der Waals surface area contributed by atoms with Gasteiger partial charge < -0.3 is 18.9 Å². The molecule has 4 aromatic rings. The first-order valence-electron chi connectivity index (χ1n) is 18.4. The second-order valence-corrected chi connectivity index (χ2v) is 14.3. The van der Waals surface area contributed by atoms with Crippen LogP contribution < -0.4 is 70.2 Å². The van der Waals surface area contributed by atoms with E-state index in [9.17, 15) is 19.2 Å². The van der Waals surface area contributed by atoms with Crippen LogP contribution in [-0.2, 0) is 19.2 Å². The van der Waals surface area contributed by atoms with E-state index < -0.39 is 36.5 Å². The van der Waals surface area contributed by atoms with E-state index in [1.54, 1.807) is 76.7 Å². The minimum absolute atomic E-state index is 0. The van der Waals surface area contributed by atoms with Crippen LogP contribution in [0, 0.1) is 0 Å². The van der Waals surface area contributed by atoms with Gasteiger partial charge in [-0.3, -0.25) is 60.9 Å². The van der Waals surface area contributed by atoms with Crippen LogP contribution in [0.4, 0.5) is 0 Å². The molecule has 4 aromatic carbocycles. The van der Waals surface area contributed by atoms with Gasteiger partial charge in [-0.05, 0) is 48.5 Å². The van der Waals surface area contributed by atoms with Crippen LogP contribution in [-0.4, -0.2) is 120 Å². The average Bonchev–Trinajstić information content (AvgIpc) is 3.27. The zero-order valence-corrected chi connectivity index (χ0v) is 41.6. The van der Waals surface area contributed by atoms with Gasteiger partial charge in [0.15, 0.2) is 0 Å². The average molecular weight is 944 g/mol. The van der Waals surface area contributed by atoms with E-state index in [2.05, 4.69) is 21.7 Å². The van der Waals surface area contributed by atoms with Crippen LogP contribution in [0.15, 0.2) is 97.1 Å². The van der Waals surface area contributed by atoms with E-state index in [-0.39, 0.29) is 29.6 Å². The van der Waals surface area contributed by atoms with Gasteiger partial charge >= 0.3 is 29.6 Å². The Labute approximate surface area is 410 Å². The first-order valence-corrected chi connectivity index (χ1v) is 20.0. The second-order valence-electron chi connectivity index (χ2n) is 12.8. The molecule has 0 aliphatic rings. The summed E-state index contributed by atoms with van der Waals surface area (Å²) in [5.41, 5.74) is 12.9. The van der Waals surface area contributed by atoms with Crippen molar-refractivity contribution in [2.45, 2.75) is 12.8 Å². The Morgan fingerprint density at radius 3 is 0.746 bits per heavy atom. The van der Waals surface area contributed by atoms with Gasteiger partial charge in [0, 0.05) is 28.2 Å². The molecule has 328 valence electrons. The van der Waals surface area contributed by atoms with Gasteiger partial charge in [-0.15, -0.1) is 0 Å². The number of benzene rings is 4. The summed E-state index contributed by atoms with van der Waals surface area (Å²) in [5, 5.41) is 5.47. The summed E-state index contributed by atoms with van der Waals surface area (Å²) in [5.74, 6) is 0.191. The third kappa shape index (κ3) is 16.0. The van der Waals surface area contributed by atoms with Gasteiger partial charge in [0.05, 0.1) is 50.7 Å². The summed E-state index contributed by atoms with van der Waals surface area (Å²) < 4.78 is 21.2. The molecule has 0 spiro atoms. The van der Waals surface area contributed by atoms with Crippen LogP contribution in [0.5, 0.6) is 23.0 Å². The molecule has 0 bridgehead atoms. The Morgan fingerprint density at radius 1 is 0.397 bits per heavy atom. The zero-order chi connectivity index (χ0) is 45.9. The third-order valence-corrected chi connectivity index (χ3v) is 10.4. The Kier molecular flexibility index (Phi) is 22.9. The molecule has 0 unspecified atom stereocenters. The number of methoxy groups -OCH3 is 4. The van der Waals surface area contributed by atoms with E-state index in [0.29, 0.717) is 65.2 Å². The molecule has 0 saturated carbocycles. The van der Waals surface area contributed by atoms with Crippen LogP contribution >= 0.6 is 48.9 Å². The molecular weight excluding hydrogens is 896 g/mol. The summed E-state index contributed by atoms with van der Waals surface area (Å²) in [6.45, 7) is 0. The summed E-state index contributed by atoms with van der Waals surface area (Å²) in [4.78, 5) is 50.6. The fourth-order valence-corrected chi connectivity index (χ4v) is 6.27. The smallest absolute Gasteiger partial charge is 0.496 e. The van der Waals surface area contributed by atoms with Gasteiger partial charge in [-0.25, -0.2) is 0 Å². The second kappa shape index (κ2) is 26.9. The number of para-hydroxylation sites is 4. The molecule has 63 heavy (non-hydrogen) atoms. The summed E-state index contributed by atoms with van der Waals surface area (Å²) in [7, 11) is 12.5. The SMILES string of the molecule is COc1ccccc1C(=S)N(C)NC(=O)CC(=O)NN(C)C(=S)c1ccccc1OC.COc1ccccc1C(=S)N(C)NC(=O)CC(=O)NN(C)C(=S)c1ccccc1OC.[Na+]. The molecule has 0 radical (unpaired) electrons. The third-order valence-electron chi connectivity index (χ3n) is 8.38. The molecule has 0 aliphatic heterocycles. The molecule has 16 nitrogen and oxygen atoms in total. The maximum atomic E-state index is 12.3. The number of rotatable bonds is 12. The molecule has 0 saturated heterocycles. The van der Waals surface area contributed by atoms with Gasteiger partial charge in [0.1, 0.15) is 55.8 Å². The Bertz CT molecular complexity index is 1980. The molecule has 4 rings (SSSR count). The van der Waals surface area contributed by atoms with Crippen molar-refractivity contribution in [3.63, 3.8) is 0 Å². The van der Waals surface area contributed by atoms with Crippen LogP contribution in [0.3, 0.4) is 0 Å². The van der Waals surface area contributed by atoms with Gasteiger partial charge in [-0.1, -0.05) is 97.4 Å². The molecule has 0 atom stereocenters. The van der Waals surface area contributed by atoms with Gasteiger partial charge in [-0.2, -0.15) is 0 Å². The van der Waals surface area contributed by atoms with Crippen molar-refractivity contribution < 1.29 is 67.7 Å². The predicted octanol–water partition coefficient (Wildman–Crippen LogP) is 1.15. The number of amides is 4. The predicted molar refractivity (Wildman–Crippen MR) is 252 cm³/mol. The van der Waals surface area contributed by atoms with Crippen molar-refractivity contribution in [3.8, 4) is 23.0 Å². The number of thiocarbonyl (C=S) groups is 4. The molecule has 0 aliphatic carbocycles. The summed E-state index contributed by atoms with van der Waals surface area (Å²) in [6.07, 6.45) is -0.838. The van der Waals surface area contributed by atoms with Crippen molar-refractivity contribution in [3.05, 3.63) is 119 Å². The number of hydrogen-bond acceptors (Lipinski definition) is 12. The molecule has 4 N–H and O–H groups in total. The van der Waals surface area contributed by atoms with Gasteiger partial charge in [0.25, 0.3) is 0 Å². The van der Waals surface area contributed by atoms with E-state index in [4.69, 9.17) is 67.8 Å². The Morgan fingerprint density at radius 2 is 0.571 bits per heavy atom. The molecule has 4 amide bonds. The quantitative estimate of drug-likeness (QED) is 0.0692. The van der Waals surface area contributed by atoms with Crippen molar-refractivity contribution in [2.24, 2.45) is 0 Å². The first kappa shape index (κ1) is 53.7. The minimum atomic E-state index is -0.533. The topological polar surface area (TPSA) is 166 Å².